The van der Waals surface area contributed by atoms with Gasteiger partial charge in [-0.3, -0.25) is 4.79 Å². The van der Waals surface area contributed by atoms with Gasteiger partial charge in [0.05, 0.1) is 36.3 Å². The zero-order valence-corrected chi connectivity index (χ0v) is 17.6. The van der Waals surface area contributed by atoms with Gasteiger partial charge in [-0.1, -0.05) is 18.2 Å². The maximum Gasteiger partial charge on any atom is 0.337 e. The van der Waals surface area contributed by atoms with Crippen LogP contribution < -0.4 is 10.1 Å². The van der Waals surface area contributed by atoms with Gasteiger partial charge in [-0.25, -0.2) is 13.2 Å². The molecule has 1 saturated heterocycles. The molecule has 1 aliphatic heterocycles. The van der Waals surface area contributed by atoms with E-state index in [9.17, 15) is 18.0 Å². The minimum Gasteiger partial charge on any atom is -0.495 e. The van der Waals surface area contributed by atoms with Crippen LogP contribution in [-0.4, -0.2) is 51.9 Å². The average molecular weight is 432 g/mol. The van der Waals surface area contributed by atoms with Gasteiger partial charge in [0.2, 0.25) is 15.9 Å². The minimum absolute atomic E-state index is 0.0854. The van der Waals surface area contributed by atoms with Gasteiger partial charge in [-0.2, -0.15) is 4.31 Å². The number of methoxy groups -OCH3 is 2. The summed E-state index contributed by atoms with van der Waals surface area (Å²) in [5, 5.41) is 2.77. The quantitative estimate of drug-likeness (QED) is 0.704. The number of benzene rings is 2. The van der Waals surface area contributed by atoms with Crippen molar-refractivity contribution in [3.05, 3.63) is 54.1 Å². The highest BCUT2D eigenvalue weighted by atomic mass is 32.2. The Morgan fingerprint density at radius 3 is 2.50 bits per heavy atom. The Morgan fingerprint density at radius 1 is 1.10 bits per heavy atom. The van der Waals surface area contributed by atoms with E-state index >= 15 is 0 Å². The molecule has 3 rings (SSSR count). The number of carbonyl (C=O) groups is 2. The third-order valence-electron chi connectivity index (χ3n) is 5.01. The molecule has 8 nitrogen and oxygen atoms in total. The van der Waals surface area contributed by atoms with Gasteiger partial charge in [0.15, 0.2) is 0 Å². The molecule has 1 atom stereocenters. The van der Waals surface area contributed by atoms with Gasteiger partial charge in [0.25, 0.3) is 0 Å². The molecule has 2 aromatic rings. The largest absolute Gasteiger partial charge is 0.495 e. The summed E-state index contributed by atoms with van der Waals surface area (Å²) < 4.78 is 37.1. The predicted molar refractivity (Wildman–Crippen MR) is 111 cm³/mol. The standard InChI is InChI=1S/C21H24N2O6S/c1-28-19-11-10-15(21(25)29-2)13-18(19)22-20(24)16-7-6-12-23(14-16)30(26,27)17-8-4-3-5-9-17/h3-5,8-11,13,16H,6-7,12,14H2,1-2H3,(H,22,24)/t16-/m0/s1. The molecule has 0 bridgehead atoms. The Labute approximate surface area is 175 Å². The second kappa shape index (κ2) is 9.27. The summed E-state index contributed by atoms with van der Waals surface area (Å²) in [5.74, 6) is -1.00. The number of rotatable bonds is 6. The Hall–Kier alpha value is -2.91. The normalized spacial score (nSPS) is 17.2. The van der Waals surface area contributed by atoms with Crippen LogP contribution in [0.1, 0.15) is 23.2 Å². The van der Waals surface area contributed by atoms with Gasteiger partial charge in [0, 0.05) is 13.1 Å². The van der Waals surface area contributed by atoms with Gasteiger partial charge in [0.1, 0.15) is 5.75 Å². The summed E-state index contributed by atoms with van der Waals surface area (Å²) in [6.07, 6.45) is 1.13. The van der Waals surface area contributed by atoms with Crippen LogP contribution in [0.25, 0.3) is 0 Å². The third-order valence-corrected chi connectivity index (χ3v) is 6.89. The van der Waals surface area contributed by atoms with Crippen molar-refractivity contribution in [1.82, 2.24) is 4.31 Å². The number of nitrogens with zero attached hydrogens (tertiary/aromatic N) is 1. The fourth-order valence-electron chi connectivity index (χ4n) is 3.40. The molecule has 1 heterocycles. The summed E-state index contributed by atoms with van der Waals surface area (Å²) >= 11 is 0. The Morgan fingerprint density at radius 2 is 1.83 bits per heavy atom. The Kier molecular flexibility index (Phi) is 6.73. The number of anilines is 1. The number of nitrogens with one attached hydrogen (secondary N) is 1. The van der Waals surface area contributed by atoms with E-state index in [0.29, 0.717) is 30.8 Å². The van der Waals surface area contributed by atoms with Crippen LogP contribution in [0.3, 0.4) is 0 Å². The zero-order valence-electron chi connectivity index (χ0n) is 16.8. The fraction of sp³-hybridized carbons (Fsp3) is 0.333. The van der Waals surface area contributed by atoms with E-state index in [2.05, 4.69) is 5.32 Å². The molecule has 0 unspecified atom stereocenters. The van der Waals surface area contributed by atoms with Crippen molar-refractivity contribution < 1.29 is 27.5 Å². The Bertz CT molecular complexity index is 1020. The lowest BCUT2D eigenvalue weighted by atomic mass is 9.98. The first-order valence-corrected chi connectivity index (χ1v) is 10.9. The molecule has 1 fully saturated rings. The molecule has 0 aromatic heterocycles. The van der Waals surface area contributed by atoms with E-state index in [1.165, 1.54) is 30.7 Å². The lowest BCUT2D eigenvalue weighted by Gasteiger charge is -2.31. The van der Waals surface area contributed by atoms with Crippen LogP contribution in [0, 0.1) is 5.92 Å². The topological polar surface area (TPSA) is 102 Å². The van der Waals surface area contributed by atoms with Gasteiger partial charge < -0.3 is 14.8 Å². The number of sulfonamides is 1. The number of amides is 1. The summed E-state index contributed by atoms with van der Waals surface area (Å²) in [4.78, 5) is 24.9. The number of hydrogen-bond acceptors (Lipinski definition) is 6. The minimum atomic E-state index is -3.67. The lowest BCUT2D eigenvalue weighted by Crippen LogP contribution is -2.43. The highest BCUT2D eigenvalue weighted by molar-refractivity contribution is 7.89. The molecule has 1 aliphatic rings. The van der Waals surface area contributed by atoms with Crippen LogP contribution in [0.2, 0.25) is 0 Å². The SMILES string of the molecule is COC(=O)c1ccc(OC)c(NC(=O)[C@H]2CCCN(S(=O)(=O)c3ccccc3)C2)c1. The van der Waals surface area contributed by atoms with E-state index in [1.807, 2.05) is 0 Å². The van der Waals surface area contributed by atoms with E-state index in [1.54, 1.807) is 36.4 Å². The smallest absolute Gasteiger partial charge is 0.337 e. The Balaban J connectivity index is 1.77. The van der Waals surface area contributed by atoms with E-state index in [4.69, 9.17) is 9.47 Å². The van der Waals surface area contributed by atoms with Gasteiger partial charge >= 0.3 is 5.97 Å². The van der Waals surface area contributed by atoms with Crippen LogP contribution >= 0.6 is 0 Å². The molecular weight excluding hydrogens is 408 g/mol. The maximum atomic E-state index is 12.9. The van der Waals surface area contributed by atoms with Crippen molar-refractivity contribution >= 4 is 27.6 Å². The molecular formula is C21H24N2O6S. The fourth-order valence-corrected chi connectivity index (χ4v) is 4.95. The second-order valence-corrected chi connectivity index (χ2v) is 8.85. The van der Waals surface area contributed by atoms with Crippen molar-refractivity contribution in [2.45, 2.75) is 17.7 Å². The zero-order chi connectivity index (χ0) is 21.7. The predicted octanol–water partition coefficient (Wildman–Crippen LogP) is 2.52. The molecule has 1 N–H and O–H groups in total. The van der Waals surface area contributed by atoms with Crippen molar-refractivity contribution in [1.29, 1.82) is 0 Å². The number of piperidine rings is 1. The maximum absolute atomic E-state index is 12.9. The first kappa shape index (κ1) is 21.8. The van der Waals surface area contributed by atoms with Crippen LogP contribution in [0.4, 0.5) is 5.69 Å². The second-order valence-electron chi connectivity index (χ2n) is 6.91. The summed E-state index contributed by atoms with van der Waals surface area (Å²) in [6, 6.07) is 12.8. The van der Waals surface area contributed by atoms with Crippen LogP contribution in [0.15, 0.2) is 53.4 Å². The van der Waals surface area contributed by atoms with Crippen molar-refractivity contribution in [2.75, 3.05) is 32.6 Å². The average Bonchev–Trinajstić information content (AvgIpc) is 2.79. The monoisotopic (exact) mass is 432 g/mol. The summed E-state index contributed by atoms with van der Waals surface area (Å²) in [5.41, 5.74) is 0.596. The van der Waals surface area contributed by atoms with E-state index in [-0.39, 0.29) is 22.9 Å². The van der Waals surface area contributed by atoms with Gasteiger partial charge in [-0.15, -0.1) is 0 Å². The molecule has 30 heavy (non-hydrogen) atoms. The van der Waals surface area contributed by atoms with E-state index in [0.717, 1.165) is 0 Å². The lowest BCUT2D eigenvalue weighted by molar-refractivity contribution is -0.120. The highest BCUT2D eigenvalue weighted by Gasteiger charge is 2.33. The van der Waals surface area contributed by atoms with Crippen molar-refractivity contribution in [3.63, 3.8) is 0 Å². The third kappa shape index (κ3) is 4.63. The molecule has 2 aromatic carbocycles. The number of hydrogen-bond donors (Lipinski definition) is 1. The number of ether oxygens (including phenoxy) is 2. The number of esters is 1. The molecule has 0 spiro atoms. The first-order valence-electron chi connectivity index (χ1n) is 9.49. The highest BCUT2D eigenvalue weighted by Crippen LogP contribution is 2.29. The number of carbonyl (C=O) groups excluding carboxylic acids is 2. The molecule has 0 aliphatic carbocycles. The summed E-state index contributed by atoms with van der Waals surface area (Å²) in [7, 11) is -0.940. The molecule has 0 radical (unpaired) electrons. The van der Waals surface area contributed by atoms with Gasteiger partial charge in [-0.05, 0) is 43.2 Å². The van der Waals surface area contributed by atoms with Crippen molar-refractivity contribution in [2.24, 2.45) is 5.92 Å². The first-order chi connectivity index (χ1) is 14.4. The van der Waals surface area contributed by atoms with Crippen molar-refractivity contribution in [3.8, 4) is 5.75 Å². The van der Waals surface area contributed by atoms with E-state index < -0.39 is 21.9 Å². The molecule has 0 saturated carbocycles. The molecule has 9 heteroatoms. The van der Waals surface area contributed by atoms with Crippen LogP contribution in [-0.2, 0) is 19.6 Å². The molecule has 160 valence electrons. The molecule has 1 amide bonds. The summed E-state index contributed by atoms with van der Waals surface area (Å²) in [6.45, 7) is 0.449. The van der Waals surface area contributed by atoms with Crippen LogP contribution in [0.5, 0.6) is 5.75 Å².